The first-order valence-electron chi connectivity index (χ1n) is 6.40. The predicted molar refractivity (Wildman–Crippen MR) is 80.5 cm³/mol. The zero-order valence-electron chi connectivity index (χ0n) is 11.9. The summed E-state index contributed by atoms with van der Waals surface area (Å²) in [7, 11) is -1.22. The fraction of sp³-hybridized carbons (Fsp3) is 0.267. The molecule has 0 bridgehead atoms. The lowest BCUT2D eigenvalue weighted by molar-refractivity contribution is 0.0695. The summed E-state index contributed by atoms with van der Waals surface area (Å²) < 4.78 is 12.2. The highest BCUT2D eigenvalue weighted by atomic mass is 32.2. The van der Waals surface area contributed by atoms with E-state index in [2.05, 4.69) is 16.0 Å². The number of benzene rings is 1. The smallest absolute Gasteiger partial charge is 0.339 e. The van der Waals surface area contributed by atoms with Crippen molar-refractivity contribution in [2.24, 2.45) is 0 Å². The van der Waals surface area contributed by atoms with Gasteiger partial charge in [-0.2, -0.15) is 0 Å². The minimum absolute atomic E-state index is 0.00581. The molecule has 1 heterocycles. The second kappa shape index (κ2) is 6.58. The van der Waals surface area contributed by atoms with E-state index >= 15 is 0 Å². The Bertz CT molecular complexity index is 681. The average Bonchev–Trinajstić information content (AvgIpc) is 2.37. The van der Waals surface area contributed by atoms with E-state index in [1.165, 1.54) is 12.5 Å². The van der Waals surface area contributed by atoms with Gasteiger partial charge in [0.2, 0.25) is 0 Å². The van der Waals surface area contributed by atoms with Crippen LogP contribution >= 0.6 is 0 Å². The van der Waals surface area contributed by atoms with Crippen molar-refractivity contribution in [3.05, 3.63) is 58.7 Å². The maximum atomic E-state index is 12.2. The molecule has 2 rings (SSSR count). The minimum atomic E-state index is -1.22. The van der Waals surface area contributed by atoms with Gasteiger partial charge in [0.1, 0.15) is 11.9 Å². The zero-order chi connectivity index (χ0) is 15.4. The van der Waals surface area contributed by atoms with Crippen molar-refractivity contribution in [3.63, 3.8) is 0 Å². The Balaban J connectivity index is 2.14. The molecule has 21 heavy (non-hydrogen) atoms. The van der Waals surface area contributed by atoms with Gasteiger partial charge in [0.05, 0.1) is 11.4 Å². The molecule has 0 amide bonds. The number of aromatic carboxylic acids is 1. The molecule has 6 heteroatoms. The first kappa shape index (κ1) is 15.3. The highest BCUT2D eigenvalue weighted by Crippen LogP contribution is 2.14. The summed E-state index contributed by atoms with van der Waals surface area (Å²) in [4.78, 5) is 18.7. The van der Waals surface area contributed by atoms with Gasteiger partial charge in [-0.1, -0.05) is 29.3 Å². The first-order valence-corrected chi connectivity index (χ1v) is 7.89. The van der Waals surface area contributed by atoms with Crippen LogP contribution in [0.5, 0.6) is 0 Å². The number of nitrogens with zero attached hydrogens (tertiary/aromatic N) is 2. The SMILES string of the molecule is Cc1cc(C)cc(CS(=O)Cc2ncncc2C(=O)O)c1. The molecular weight excluding hydrogens is 288 g/mol. The fourth-order valence-electron chi connectivity index (χ4n) is 2.19. The molecule has 0 saturated heterocycles. The van der Waals surface area contributed by atoms with Crippen LogP contribution < -0.4 is 0 Å². The van der Waals surface area contributed by atoms with Gasteiger partial charge in [0.15, 0.2) is 0 Å². The lowest BCUT2D eigenvalue weighted by atomic mass is 10.1. The Kier molecular flexibility index (Phi) is 4.80. The minimum Gasteiger partial charge on any atom is -0.478 e. The maximum absolute atomic E-state index is 12.2. The molecule has 0 spiro atoms. The summed E-state index contributed by atoms with van der Waals surface area (Å²) in [6.45, 7) is 3.98. The summed E-state index contributed by atoms with van der Waals surface area (Å²) in [5.41, 5.74) is 3.54. The molecule has 0 saturated carbocycles. The quantitative estimate of drug-likeness (QED) is 0.916. The molecule has 1 unspecified atom stereocenters. The van der Waals surface area contributed by atoms with Gasteiger partial charge in [-0.15, -0.1) is 0 Å². The van der Waals surface area contributed by atoms with Crippen molar-refractivity contribution in [3.8, 4) is 0 Å². The fourth-order valence-corrected chi connectivity index (χ4v) is 3.37. The van der Waals surface area contributed by atoms with Crippen LogP contribution in [-0.2, 0) is 22.3 Å². The van der Waals surface area contributed by atoms with E-state index in [0.717, 1.165) is 16.7 Å². The van der Waals surface area contributed by atoms with Gasteiger partial charge < -0.3 is 5.11 Å². The highest BCUT2D eigenvalue weighted by molar-refractivity contribution is 7.83. The second-order valence-electron chi connectivity index (χ2n) is 4.91. The number of carbonyl (C=O) groups is 1. The van der Waals surface area contributed by atoms with Gasteiger partial charge in [-0.3, -0.25) is 4.21 Å². The monoisotopic (exact) mass is 304 g/mol. The van der Waals surface area contributed by atoms with Gasteiger partial charge in [-0.25, -0.2) is 14.8 Å². The molecule has 1 atom stereocenters. The Morgan fingerprint density at radius 3 is 2.48 bits per heavy atom. The summed E-state index contributed by atoms with van der Waals surface area (Å²) in [5, 5.41) is 9.06. The average molecular weight is 304 g/mol. The van der Waals surface area contributed by atoms with Crippen LogP contribution in [0.4, 0.5) is 0 Å². The number of hydrogen-bond donors (Lipinski definition) is 1. The predicted octanol–water partition coefficient (Wildman–Crippen LogP) is 2.24. The molecule has 2 aromatic rings. The standard InChI is InChI=1S/C15H16N2O3S/c1-10-3-11(2)5-12(4-10)7-21(20)8-14-13(15(18)19)6-16-9-17-14/h3-6,9H,7-8H2,1-2H3,(H,18,19). The first-order chi connectivity index (χ1) is 9.95. The molecule has 5 nitrogen and oxygen atoms in total. The van der Waals surface area contributed by atoms with Crippen molar-refractivity contribution in [2.75, 3.05) is 0 Å². The molecule has 0 aliphatic carbocycles. The van der Waals surface area contributed by atoms with Gasteiger partial charge in [0, 0.05) is 22.7 Å². The third-order valence-corrected chi connectivity index (χ3v) is 4.18. The van der Waals surface area contributed by atoms with E-state index in [-0.39, 0.29) is 11.3 Å². The molecule has 1 N–H and O–H groups in total. The Morgan fingerprint density at radius 2 is 1.86 bits per heavy atom. The second-order valence-corrected chi connectivity index (χ2v) is 6.37. The lowest BCUT2D eigenvalue weighted by Gasteiger charge is -2.07. The number of rotatable bonds is 5. The van der Waals surface area contributed by atoms with Gasteiger partial charge in [-0.05, 0) is 19.4 Å². The molecule has 0 fully saturated rings. The summed E-state index contributed by atoms with van der Waals surface area (Å²) in [6, 6.07) is 6.03. The number of carboxylic acid groups (broad SMARTS) is 1. The van der Waals surface area contributed by atoms with Crippen LogP contribution in [0.1, 0.15) is 32.7 Å². The van der Waals surface area contributed by atoms with Crippen molar-refractivity contribution < 1.29 is 14.1 Å². The number of carboxylic acids is 1. The molecule has 1 aromatic carbocycles. The van der Waals surface area contributed by atoms with E-state index in [1.54, 1.807) is 0 Å². The van der Waals surface area contributed by atoms with Gasteiger partial charge in [0.25, 0.3) is 0 Å². The summed E-state index contributed by atoms with van der Waals surface area (Å²) in [5.74, 6) is -0.614. The number of hydrogen-bond acceptors (Lipinski definition) is 4. The van der Waals surface area contributed by atoms with E-state index in [0.29, 0.717) is 11.4 Å². The molecule has 0 aliphatic rings. The van der Waals surface area contributed by atoms with Crippen LogP contribution in [0.2, 0.25) is 0 Å². The van der Waals surface area contributed by atoms with Crippen LogP contribution in [0.25, 0.3) is 0 Å². The molecule has 1 aromatic heterocycles. The third-order valence-electron chi connectivity index (χ3n) is 2.93. The molecule has 0 aliphatic heterocycles. The van der Waals surface area contributed by atoms with Crippen molar-refractivity contribution in [1.29, 1.82) is 0 Å². The van der Waals surface area contributed by atoms with Gasteiger partial charge >= 0.3 is 5.97 Å². The molecular formula is C15H16N2O3S. The van der Waals surface area contributed by atoms with Crippen molar-refractivity contribution in [2.45, 2.75) is 25.4 Å². The highest BCUT2D eigenvalue weighted by Gasteiger charge is 2.14. The number of aryl methyl sites for hydroxylation is 2. The van der Waals surface area contributed by atoms with Crippen molar-refractivity contribution in [1.82, 2.24) is 9.97 Å². The zero-order valence-corrected chi connectivity index (χ0v) is 12.7. The van der Waals surface area contributed by atoms with Crippen LogP contribution in [0.15, 0.2) is 30.7 Å². The summed E-state index contributed by atoms with van der Waals surface area (Å²) >= 11 is 0. The van der Waals surface area contributed by atoms with Crippen LogP contribution in [-0.4, -0.2) is 25.3 Å². The van der Waals surface area contributed by atoms with E-state index in [4.69, 9.17) is 5.11 Å². The van der Waals surface area contributed by atoms with Crippen LogP contribution in [0.3, 0.4) is 0 Å². The maximum Gasteiger partial charge on any atom is 0.339 e. The van der Waals surface area contributed by atoms with E-state index < -0.39 is 16.8 Å². The topological polar surface area (TPSA) is 80.2 Å². The largest absolute Gasteiger partial charge is 0.478 e. The Hall–Kier alpha value is -2.08. The normalized spacial score (nSPS) is 12.1. The molecule has 0 radical (unpaired) electrons. The van der Waals surface area contributed by atoms with E-state index in [9.17, 15) is 9.00 Å². The molecule has 110 valence electrons. The van der Waals surface area contributed by atoms with Crippen LogP contribution in [0, 0.1) is 13.8 Å². The Labute approximate surface area is 125 Å². The Morgan fingerprint density at radius 1 is 1.19 bits per heavy atom. The van der Waals surface area contributed by atoms with Crippen molar-refractivity contribution >= 4 is 16.8 Å². The third kappa shape index (κ3) is 4.19. The van der Waals surface area contributed by atoms with E-state index in [1.807, 2.05) is 26.0 Å². The number of aromatic nitrogens is 2. The lowest BCUT2D eigenvalue weighted by Crippen LogP contribution is -2.09. The summed E-state index contributed by atoms with van der Waals surface area (Å²) in [6.07, 6.45) is 2.51.